The van der Waals surface area contributed by atoms with Crippen LogP contribution in [0.15, 0.2) is 52.0 Å². The molecule has 0 saturated carbocycles. The van der Waals surface area contributed by atoms with Gasteiger partial charge in [-0.05, 0) is 12.1 Å². The van der Waals surface area contributed by atoms with E-state index in [0.29, 0.717) is 5.13 Å². The number of aromatic amines is 1. The molecule has 0 radical (unpaired) electrons. The van der Waals surface area contributed by atoms with Crippen LogP contribution >= 0.6 is 38.6 Å². The lowest BCUT2D eigenvalue weighted by molar-refractivity contribution is -0.115. The second-order valence-corrected chi connectivity index (χ2v) is 8.54. The highest BCUT2D eigenvalue weighted by Crippen LogP contribution is 2.35. The van der Waals surface area contributed by atoms with Crippen LogP contribution in [0.2, 0.25) is 0 Å². The van der Waals surface area contributed by atoms with Gasteiger partial charge in [0, 0.05) is 50.3 Å². The van der Waals surface area contributed by atoms with Gasteiger partial charge in [-0.1, -0.05) is 22.0 Å². The van der Waals surface area contributed by atoms with Gasteiger partial charge in [0.1, 0.15) is 0 Å². The Balaban J connectivity index is 1.35. The second kappa shape index (κ2) is 6.59. The van der Waals surface area contributed by atoms with Crippen LogP contribution in [0.5, 0.6) is 0 Å². The average molecular weight is 458 g/mol. The number of imidazole rings is 1. The fourth-order valence-electron chi connectivity index (χ4n) is 2.99. The number of rotatable bonds is 4. The van der Waals surface area contributed by atoms with Crippen LogP contribution in [0.3, 0.4) is 0 Å². The van der Waals surface area contributed by atoms with Gasteiger partial charge >= 0.3 is 0 Å². The van der Waals surface area contributed by atoms with Gasteiger partial charge in [-0.2, -0.15) is 0 Å². The minimum Gasteiger partial charge on any atom is -0.360 e. The molecule has 0 atom stereocenters. The molecule has 9 heteroatoms. The molecule has 5 rings (SSSR count). The fraction of sp³-hybridized carbons (Fsp3) is 0.0556. The molecular formula is C18H12BrN5OS2. The van der Waals surface area contributed by atoms with Gasteiger partial charge in [-0.15, -0.1) is 22.7 Å². The molecule has 1 amide bonds. The highest BCUT2D eigenvalue weighted by molar-refractivity contribution is 9.10. The molecule has 0 unspecified atom stereocenters. The van der Waals surface area contributed by atoms with Crippen LogP contribution in [0, 0.1) is 0 Å². The minimum absolute atomic E-state index is 0.123. The van der Waals surface area contributed by atoms with Crippen molar-refractivity contribution in [1.29, 1.82) is 0 Å². The van der Waals surface area contributed by atoms with Crippen LogP contribution < -0.4 is 5.32 Å². The number of carbonyl (C=O) groups is 1. The van der Waals surface area contributed by atoms with Crippen molar-refractivity contribution in [2.24, 2.45) is 0 Å². The molecule has 0 aliphatic rings. The number of aromatic nitrogens is 4. The number of thiazole rings is 2. The zero-order chi connectivity index (χ0) is 18.4. The Hall–Kier alpha value is -2.49. The lowest BCUT2D eigenvalue weighted by atomic mass is 10.1. The number of hydrogen-bond acceptors (Lipinski definition) is 5. The van der Waals surface area contributed by atoms with Crippen molar-refractivity contribution in [2.75, 3.05) is 5.32 Å². The smallest absolute Gasteiger partial charge is 0.232 e. The molecule has 0 fully saturated rings. The van der Waals surface area contributed by atoms with Gasteiger partial charge in [0.15, 0.2) is 10.1 Å². The lowest BCUT2D eigenvalue weighted by Gasteiger charge is -2.00. The molecule has 2 N–H and O–H groups in total. The van der Waals surface area contributed by atoms with E-state index in [2.05, 4.69) is 36.2 Å². The summed E-state index contributed by atoms with van der Waals surface area (Å²) in [6.07, 6.45) is 5.97. The predicted octanol–water partition coefficient (Wildman–Crippen LogP) is 4.94. The van der Waals surface area contributed by atoms with Crippen molar-refractivity contribution in [3.05, 3.63) is 57.7 Å². The Morgan fingerprint density at radius 2 is 2.22 bits per heavy atom. The van der Waals surface area contributed by atoms with Crippen molar-refractivity contribution in [3.8, 4) is 11.3 Å². The van der Waals surface area contributed by atoms with Crippen molar-refractivity contribution >= 4 is 65.5 Å². The first-order valence-electron chi connectivity index (χ1n) is 8.10. The first kappa shape index (κ1) is 16.7. The van der Waals surface area contributed by atoms with Gasteiger partial charge in [-0.25, -0.2) is 9.97 Å². The maximum absolute atomic E-state index is 12.3. The number of anilines is 1. The summed E-state index contributed by atoms with van der Waals surface area (Å²) in [5.41, 5.74) is 3.62. The Morgan fingerprint density at radius 1 is 1.30 bits per heavy atom. The van der Waals surface area contributed by atoms with Gasteiger partial charge < -0.3 is 10.3 Å². The normalized spacial score (nSPS) is 11.4. The van der Waals surface area contributed by atoms with E-state index >= 15 is 0 Å². The highest BCUT2D eigenvalue weighted by Gasteiger charge is 2.14. The van der Waals surface area contributed by atoms with E-state index < -0.39 is 0 Å². The summed E-state index contributed by atoms with van der Waals surface area (Å²) in [7, 11) is 0. The van der Waals surface area contributed by atoms with E-state index in [1.165, 1.54) is 11.3 Å². The first-order valence-corrected chi connectivity index (χ1v) is 10.6. The standard InChI is InChI=1S/C18H12BrN5OS2/c19-12-2-1-3-13-16(12)11(7-20-13)14-9-27-17(22-14)23-15(25)6-10-8-24-4-5-26-18(24)21-10/h1-5,7-9,20H,6H2,(H,22,23,25). The summed E-state index contributed by atoms with van der Waals surface area (Å²) >= 11 is 6.56. The molecule has 4 heterocycles. The predicted molar refractivity (Wildman–Crippen MR) is 113 cm³/mol. The Kier molecular flexibility index (Phi) is 4.07. The number of nitrogens with one attached hydrogen (secondary N) is 2. The second-order valence-electron chi connectivity index (χ2n) is 5.95. The topological polar surface area (TPSA) is 75.1 Å². The third-order valence-corrected chi connectivity index (χ3v) is 6.36. The number of amides is 1. The molecule has 5 aromatic rings. The highest BCUT2D eigenvalue weighted by atomic mass is 79.9. The van der Waals surface area contributed by atoms with E-state index in [1.54, 1.807) is 11.3 Å². The van der Waals surface area contributed by atoms with Crippen molar-refractivity contribution < 1.29 is 4.79 Å². The van der Waals surface area contributed by atoms with Gasteiger partial charge in [-0.3, -0.25) is 9.20 Å². The maximum atomic E-state index is 12.3. The largest absolute Gasteiger partial charge is 0.360 e. The molecule has 0 aliphatic carbocycles. The zero-order valence-corrected chi connectivity index (χ0v) is 17.0. The van der Waals surface area contributed by atoms with Crippen LogP contribution in [-0.2, 0) is 11.2 Å². The number of H-pyrrole nitrogens is 1. The number of carbonyl (C=O) groups excluding carboxylic acids is 1. The Bertz CT molecular complexity index is 1250. The molecule has 27 heavy (non-hydrogen) atoms. The molecule has 134 valence electrons. The molecule has 0 aliphatic heterocycles. The van der Waals surface area contributed by atoms with Gasteiger partial charge in [0.05, 0.1) is 17.8 Å². The third-order valence-electron chi connectivity index (χ3n) is 4.17. The Morgan fingerprint density at radius 3 is 3.11 bits per heavy atom. The third kappa shape index (κ3) is 3.07. The molecule has 0 saturated heterocycles. The quantitative estimate of drug-likeness (QED) is 0.401. The van der Waals surface area contributed by atoms with E-state index in [9.17, 15) is 4.79 Å². The summed E-state index contributed by atoms with van der Waals surface area (Å²) in [5, 5.41) is 8.45. The number of hydrogen-bond donors (Lipinski definition) is 2. The summed E-state index contributed by atoms with van der Waals surface area (Å²) < 4.78 is 2.93. The van der Waals surface area contributed by atoms with Crippen LogP contribution in [-0.4, -0.2) is 25.3 Å². The van der Waals surface area contributed by atoms with E-state index in [4.69, 9.17) is 0 Å². The zero-order valence-electron chi connectivity index (χ0n) is 13.8. The summed E-state index contributed by atoms with van der Waals surface area (Å²) in [6.45, 7) is 0. The van der Waals surface area contributed by atoms with E-state index in [1.807, 2.05) is 52.0 Å². The van der Waals surface area contributed by atoms with Crippen molar-refractivity contribution in [3.63, 3.8) is 0 Å². The minimum atomic E-state index is -0.123. The molecule has 0 spiro atoms. The summed E-state index contributed by atoms with van der Waals surface area (Å²) in [6, 6.07) is 6.01. The van der Waals surface area contributed by atoms with Crippen molar-refractivity contribution in [2.45, 2.75) is 6.42 Å². The molecular weight excluding hydrogens is 446 g/mol. The van der Waals surface area contributed by atoms with Crippen molar-refractivity contribution in [1.82, 2.24) is 19.4 Å². The molecule has 6 nitrogen and oxygen atoms in total. The monoisotopic (exact) mass is 457 g/mol. The van der Waals surface area contributed by atoms with Crippen LogP contribution in [0.25, 0.3) is 27.1 Å². The molecule has 4 aromatic heterocycles. The molecule has 0 bridgehead atoms. The SMILES string of the molecule is O=C(Cc1cn2ccsc2n1)Nc1nc(-c2c[nH]c3cccc(Br)c23)cs1. The number of fused-ring (bicyclic) bond motifs is 2. The van der Waals surface area contributed by atoms with Gasteiger partial charge in [0.25, 0.3) is 0 Å². The number of halogens is 1. The average Bonchev–Trinajstić information content (AvgIpc) is 3.37. The van der Waals surface area contributed by atoms with E-state index in [0.717, 1.165) is 37.3 Å². The van der Waals surface area contributed by atoms with Crippen LogP contribution in [0.4, 0.5) is 5.13 Å². The first-order chi connectivity index (χ1) is 13.2. The number of nitrogens with zero attached hydrogens (tertiary/aromatic N) is 3. The fourth-order valence-corrected chi connectivity index (χ4v) is 5.01. The van der Waals surface area contributed by atoms with Crippen LogP contribution in [0.1, 0.15) is 5.69 Å². The Labute approximate surface area is 170 Å². The van der Waals surface area contributed by atoms with E-state index in [-0.39, 0.29) is 12.3 Å². The molecule has 1 aromatic carbocycles. The number of benzene rings is 1. The summed E-state index contributed by atoms with van der Waals surface area (Å²) in [5.74, 6) is -0.123. The maximum Gasteiger partial charge on any atom is 0.232 e. The lowest BCUT2D eigenvalue weighted by Crippen LogP contribution is -2.14. The summed E-state index contributed by atoms with van der Waals surface area (Å²) in [4.78, 5) is 25.5. The van der Waals surface area contributed by atoms with Gasteiger partial charge in [0.2, 0.25) is 5.91 Å².